The molecule has 25 valence electrons. The van der Waals surface area contributed by atoms with E-state index in [2.05, 4.69) is 29.4 Å². The molecule has 0 atom stereocenters. The largest absolute Gasteiger partial charge is 0.295 e. The van der Waals surface area contributed by atoms with Gasteiger partial charge in [-0.3, -0.25) is 4.79 Å². The summed E-state index contributed by atoms with van der Waals surface area (Å²) in [5, 5.41) is 0. The first-order chi connectivity index (χ1) is 2.00. The van der Waals surface area contributed by atoms with Crippen LogP contribution in [0.1, 0.15) is 0 Å². The van der Waals surface area contributed by atoms with E-state index in [-0.39, 0.29) is 0 Å². The van der Waals surface area contributed by atoms with Crippen LogP contribution < -0.4 is 0 Å². The van der Waals surface area contributed by atoms with Crippen LogP contribution in [0.4, 0.5) is 0 Å². The summed E-state index contributed by atoms with van der Waals surface area (Å²) in [6, 6.07) is 0. The molecule has 0 saturated heterocycles. The van der Waals surface area contributed by atoms with Gasteiger partial charge in [0.1, 0.15) is 0 Å². The maximum atomic E-state index is 7.75. The highest BCUT2D eigenvalue weighted by atomic mass is 127. The molecule has 0 bridgehead atoms. The van der Waals surface area contributed by atoms with Gasteiger partial charge in [-0.2, -0.15) is 0 Å². The summed E-state index contributed by atoms with van der Waals surface area (Å²) in [5.74, 6) is 0. The quantitative estimate of drug-likeness (QED) is 0.299. The molecular weight excluding hydrogens is 167 g/mol. The Morgan fingerprint density at radius 2 is 1.50 bits per heavy atom. The van der Waals surface area contributed by atoms with Gasteiger partial charge in [0, 0.05) is 0 Å². The van der Waals surface area contributed by atoms with Gasteiger partial charge in [-0.05, 0) is 4.93 Å². The summed E-state index contributed by atoms with van der Waals surface area (Å²) in [5.41, 5.74) is 0. The number of halogens is 1. The fraction of sp³-hybridized carbons (Fsp3) is 0.500. The van der Waals surface area contributed by atoms with Crippen molar-refractivity contribution in [1.29, 1.82) is 0 Å². The topological polar surface area (TPSA) is 17.1 Å². The van der Waals surface area contributed by atoms with E-state index < -0.39 is 0 Å². The lowest BCUT2D eigenvalue weighted by molar-refractivity contribution is 0.574. The molecule has 1 nitrogen and oxygen atoms in total. The van der Waals surface area contributed by atoms with Crippen molar-refractivity contribution < 1.29 is 4.79 Å². The molecule has 0 aromatic rings. The Bertz CT molecular complexity index is 6.00. The molecule has 0 aliphatic rings. The van der Waals surface area contributed by atoms with Crippen LogP contribution in [0.15, 0.2) is 0 Å². The summed E-state index contributed by atoms with van der Waals surface area (Å²) >= 11 is 2.15. The highest BCUT2D eigenvalue weighted by Crippen LogP contribution is 1.48. The molecule has 0 aliphatic carbocycles. The van der Waals surface area contributed by atoms with Gasteiger partial charge in [0.2, 0.25) is 0 Å². The summed E-state index contributed by atoms with van der Waals surface area (Å²) in [6.07, 6.45) is 0. The van der Waals surface area contributed by atoms with Crippen LogP contribution >= 0.6 is 22.6 Å². The Balaban J connectivity index is 0. The molecule has 0 spiro atoms. The predicted octanol–water partition coefficient (Wildman–Crippen LogP) is 0.777. The van der Waals surface area contributed by atoms with Gasteiger partial charge in [0.05, 0.1) is 0 Å². The van der Waals surface area contributed by atoms with Gasteiger partial charge >= 0.3 is 0 Å². The van der Waals surface area contributed by atoms with Crippen molar-refractivity contribution in [3.63, 3.8) is 0 Å². The molecule has 0 aliphatic heterocycles. The molecule has 0 unspecified atom stereocenters. The van der Waals surface area contributed by atoms with Crippen LogP contribution in [0.25, 0.3) is 0 Å². The smallest absolute Gasteiger partial charge is 0.182 e. The highest BCUT2D eigenvalue weighted by molar-refractivity contribution is 14.1. The van der Waals surface area contributed by atoms with E-state index in [0.29, 0.717) is 0 Å². The fourth-order valence-electron chi connectivity index (χ4n) is 0. The molecule has 2 heteroatoms. The van der Waals surface area contributed by atoms with Gasteiger partial charge in [-0.15, -0.1) is 0 Å². The zero-order valence-electron chi connectivity index (χ0n) is 2.36. The fourth-order valence-corrected chi connectivity index (χ4v) is 0. The van der Waals surface area contributed by atoms with Crippen molar-refractivity contribution in [3.8, 4) is 0 Å². The highest BCUT2D eigenvalue weighted by Gasteiger charge is 0.950. The van der Waals surface area contributed by atoms with Crippen LogP contribution in [-0.4, -0.2) is 11.7 Å². The lowest BCUT2D eigenvalue weighted by Gasteiger charge is -1.05. The number of alkyl halides is 1. The van der Waals surface area contributed by atoms with E-state index >= 15 is 0 Å². The Hall–Kier alpha value is 0.400. The van der Waals surface area contributed by atoms with E-state index in [1.165, 1.54) is 0 Å². The third-order valence-corrected chi connectivity index (χ3v) is 0. The molecule has 0 fully saturated rings. The lowest BCUT2D eigenvalue weighted by atomic mass is 11.9. The lowest BCUT2D eigenvalue weighted by Crippen LogP contribution is -0.910. The molecule has 0 aromatic heterocycles. The second kappa shape index (κ2) is 122. The first-order valence-electron chi connectivity index (χ1n) is 0.614. The maximum Gasteiger partial charge on any atom is 0.182 e. The number of hydrogen-bond acceptors (Lipinski definition) is 1. The Labute approximate surface area is 39.5 Å². The van der Waals surface area contributed by atoms with Crippen LogP contribution in [-0.2, 0) is 4.79 Å². The molecule has 0 rings (SSSR count). The van der Waals surface area contributed by atoms with Gasteiger partial charge < -0.3 is 0 Å². The third-order valence-electron chi connectivity index (χ3n) is 0. The minimum atomic E-state index is 1.97. The minimum Gasteiger partial charge on any atom is -0.295 e. The van der Waals surface area contributed by atoms with Crippen LogP contribution in [0.3, 0.4) is 0 Å². The molecule has 0 saturated carbocycles. The van der Waals surface area contributed by atoms with Crippen LogP contribution in [0.2, 0.25) is 0 Å². The van der Waals surface area contributed by atoms with Crippen LogP contribution in [0.5, 0.6) is 0 Å². The normalized spacial score (nSPS) is 2.50. The first kappa shape index (κ1) is 8.83. The van der Waals surface area contributed by atoms with E-state index in [1.54, 1.807) is 0 Å². The van der Waals surface area contributed by atoms with Gasteiger partial charge in [-0.1, -0.05) is 22.6 Å². The standard InChI is InChI=1S/CH3I.CHO/c2*1-2/h1H3;1H. The van der Waals surface area contributed by atoms with Gasteiger partial charge in [-0.25, -0.2) is 0 Å². The zero-order chi connectivity index (χ0) is 4.00. The van der Waals surface area contributed by atoms with E-state index in [0.717, 1.165) is 0 Å². The number of carbonyl (C=O) groups excluding carboxylic acids is 1. The minimum absolute atomic E-state index is 1.97. The van der Waals surface area contributed by atoms with Crippen molar-refractivity contribution in [2.75, 3.05) is 4.93 Å². The predicted molar refractivity (Wildman–Crippen MR) is 26.7 cm³/mol. The monoisotopic (exact) mass is 171 g/mol. The van der Waals surface area contributed by atoms with E-state index in [9.17, 15) is 0 Å². The molecule has 0 aromatic carbocycles. The average Bonchev–Trinajstić information content (AvgIpc) is 1.50. The summed E-state index contributed by atoms with van der Waals surface area (Å²) in [6.45, 7) is 3.25. The number of rotatable bonds is 0. The Morgan fingerprint density at radius 1 is 1.50 bits per heavy atom. The average molecular weight is 171 g/mol. The summed E-state index contributed by atoms with van der Waals surface area (Å²) < 4.78 is 0. The molecule has 0 heterocycles. The van der Waals surface area contributed by atoms with Crippen LogP contribution in [0, 0.1) is 0 Å². The SMILES string of the molecule is CI.[CH]=O. The molecule has 4 heavy (non-hydrogen) atoms. The molecule has 1 radical (unpaired) electrons. The second-order valence-corrected chi connectivity index (χ2v) is 0. The number of hydrogen-bond donors (Lipinski definition) is 0. The molecular formula is C2H4IO. The van der Waals surface area contributed by atoms with E-state index in [4.69, 9.17) is 4.79 Å². The first-order valence-corrected chi connectivity index (χ1v) is 2.77. The van der Waals surface area contributed by atoms with Gasteiger partial charge in [0.25, 0.3) is 0 Å². The zero-order valence-corrected chi connectivity index (χ0v) is 4.52. The van der Waals surface area contributed by atoms with Crippen molar-refractivity contribution >= 4 is 29.4 Å². The Kier molecular flexibility index (Phi) is 270. The third kappa shape index (κ3) is 29.4. The van der Waals surface area contributed by atoms with Gasteiger partial charge in [0.15, 0.2) is 6.79 Å². The van der Waals surface area contributed by atoms with Crippen molar-refractivity contribution in [2.45, 2.75) is 0 Å². The second-order valence-electron chi connectivity index (χ2n) is 0. The van der Waals surface area contributed by atoms with Crippen molar-refractivity contribution in [3.05, 3.63) is 0 Å². The van der Waals surface area contributed by atoms with Crippen molar-refractivity contribution in [2.24, 2.45) is 0 Å². The maximum absolute atomic E-state index is 7.75. The molecule has 0 N–H and O–H groups in total. The molecule has 0 amide bonds. The van der Waals surface area contributed by atoms with Crippen molar-refractivity contribution in [1.82, 2.24) is 0 Å². The Morgan fingerprint density at radius 3 is 1.50 bits per heavy atom. The van der Waals surface area contributed by atoms with E-state index in [1.807, 2.05) is 4.93 Å². The summed E-state index contributed by atoms with van der Waals surface area (Å²) in [7, 11) is 0. The summed E-state index contributed by atoms with van der Waals surface area (Å²) in [4.78, 5) is 9.72.